The van der Waals surface area contributed by atoms with Crippen molar-refractivity contribution >= 4 is 5.91 Å². The Kier molecular flexibility index (Phi) is 5.34. The number of nitrogens with two attached hydrogens (primary N) is 1. The third-order valence-corrected chi connectivity index (χ3v) is 3.22. The van der Waals surface area contributed by atoms with Crippen molar-refractivity contribution in [2.24, 2.45) is 11.7 Å². The van der Waals surface area contributed by atoms with E-state index in [0.29, 0.717) is 6.42 Å². The molecule has 3 N–H and O–H groups in total. The Morgan fingerprint density at radius 3 is 2.88 bits per heavy atom. The number of hydrogen-bond donors (Lipinski definition) is 2. The molecule has 0 aromatic carbocycles. The lowest BCUT2D eigenvalue weighted by molar-refractivity contribution is -0.126. The van der Waals surface area contributed by atoms with E-state index in [2.05, 4.69) is 11.2 Å². The van der Waals surface area contributed by atoms with Crippen LogP contribution in [-0.4, -0.2) is 18.0 Å². The summed E-state index contributed by atoms with van der Waals surface area (Å²) in [5, 5.41) is 2.95. The molecule has 0 aromatic heterocycles. The van der Waals surface area contributed by atoms with Crippen molar-refractivity contribution in [2.45, 2.75) is 57.5 Å². The number of carbonyl (C=O) groups excluding carboxylic acids is 1. The monoisotopic (exact) mass is 222 g/mol. The summed E-state index contributed by atoms with van der Waals surface area (Å²) >= 11 is 0. The first kappa shape index (κ1) is 13.1. The van der Waals surface area contributed by atoms with Gasteiger partial charge in [0.1, 0.15) is 0 Å². The van der Waals surface area contributed by atoms with Crippen LogP contribution in [0.15, 0.2) is 0 Å². The van der Waals surface area contributed by atoms with E-state index >= 15 is 0 Å². The first-order valence-corrected chi connectivity index (χ1v) is 6.14. The smallest absolute Gasteiger partial charge is 0.224 e. The van der Waals surface area contributed by atoms with Gasteiger partial charge in [0, 0.05) is 18.5 Å². The summed E-state index contributed by atoms with van der Waals surface area (Å²) in [6.45, 7) is 1.93. The van der Waals surface area contributed by atoms with Crippen molar-refractivity contribution in [3.8, 4) is 12.3 Å². The molecule has 3 unspecified atom stereocenters. The first-order valence-electron chi connectivity index (χ1n) is 6.14. The Labute approximate surface area is 98.2 Å². The lowest BCUT2D eigenvalue weighted by atomic mass is 9.94. The minimum absolute atomic E-state index is 0.0144. The second-order valence-electron chi connectivity index (χ2n) is 4.73. The zero-order chi connectivity index (χ0) is 12.0. The minimum atomic E-state index is -0.0253. The summed E-state index contributed by atoms with van der Waals surface area (Å²) in [4.78, 5) is 12.0. The third kappa shape index (κ3) is 3.86. The average Bonchev–Trinajstić information content (AvgIpc) is 2.43. The Morgan fingerprint density at radius 2 is 2.19 bits per heavy atom. The number of hydrogen-bond acceptors (Lipinski definition) is 2. The van der Waals surface area contributed by atoms with Crippen LogP contribution in [-0.2, 0) is 4.79 Å². The van der Waals surface area contributed by atoms with Gasteiger partial charge in [-0.1, -0.05) is 19.3 Å². The number of rotatable bonds is 3. The van der Waals surface area contributed by atoms with Crippen molar-refractivity contribution in [1.29, 1.82) is 0 Å². The highest BCUT2D eigenvalue weighted by atomic mass is 16.2. The van der Waals surface area contributed by atoms with Gasteiger partial charge in [-0.05, 0) is 19.8 Å². The molecule has 1 aliphatic carbocycles. The molecule has 0 heterocycles. The molecule has 1 amide bonds. The zero-order valence-corrected chi connectivity index (χ0v) is 10.0. The van der Waals surface area contributed by atoms with Crippen LogP contribution in [0.1, 0.15) is 45.4 Å². The highest BCUT2D eigenvalue weighted by Crippen LogP contribution is 2.22. The Balaban J connectivity index is 2.48. The summed E-state index contributed by atoms with van der Waals surface area (Å²) in [7, 11) is 0. The van der Waals surface area contributed by atoms with E-state index < -0.39 is 0 Å². The number of terminal acetylenes is 1. The summed E-state index contributed by atoms with van der Waals surface area (Å²) in [5.74, 6) is 2.61. The van der Waals surface area contributed by atoms with E-state index in [4.69, 9.17) is 12.2 Å². The van der Waals surface area contributed by atoms with Crippen LogP contribution in [0.5, 0.6) is 0 Å². The molecule has 3 atom stereocenters. The molecule has 0 radical (unpaired) electrons. The van der Waals surface area contributed by atoms with Crippen molar-refractivity contribution in [2.75, 3.05) is 0 Å². The molecule has 0 saturated heterocycles. The third-order valence-electron chi connectivity index (χ3n) is 3.22. The highest BCUT2D eigenvalue weighted by Gasteiger charge is 2.27. The zero-order valence-electron chi connectivity index (χ0n) is 10.0. The van der Waals surface area contributed by atoms with Gasteiger partial charge in [-0.3, -0.25) is 4.79 Å². The standard InChI is InChI=1S/C13H22N2O/c1-3-7-10(2)15-13(16)11-8-5-4-6-9-12(11)14/h1,10-12H,4-9,14H2,2H3,(H,15,16). The molecule has 0 aromatic rings. The van der Waals surface area contributed by atoms with Gasteiger partial charge in [0.15, 0.2) is 0 Å². The molecule has 3 nitrogen and oxygen atoms in total. The molecule has 16 heavy (non-hydrogen) atoms. The summed E-state index contributed by atoms with van der Waals surface area (Å²) in [6.07, 6.45) is 11.1. The summed E-state index contributed by atoms with van der Waals surface area (Å²) < 4.78 is 0. The van der Waals surface area contributed by atoms with E-state index in [9.17, 15) is 4.79 Å². The van der Waals surface area contributed by atoms with Crippen molar-refractivity contribution in [1.82, 2.24) is 5.32 Å². The van der Waals surface area contributed by atoms with Crippen molar-refractivity contribution < 1.29 is 4.79 Å². The second kappa shape index (κ2) is 6.55. The van der Waals surface area contributed by atoms with Gasteiger partial charge >= 0.3 is 0 Å². The van der Waals surface area contributed by atoms with Gasteiger partial charge < -0.3 is 11.1 Å². The van der Waals surface area contributed by atoms with Crippen molar-refractivity contribution in [3.63, 3.8) is 0 Å². The van der Waals surface area contributed by atoms with E-state index in [-0.39, 0.29) is 23.9 Å². The van der Waals surface area contributed by atoms with Gasteiger partial charge in [0.25, 0.3) is 0 Å². The fourth-order valence-corrected chi connectivity index (χ4v) is 2.24. The lowest BCUT2D eigenvalue weighted by Crippen LogP contribution is -2.44. The summed E-state index contributed by atoms with van der Waals surface area (Å²) in [5.41, 5.74) is 6.03. The first-order chi connectivity index (χ1) is 7.65. The van der Waals surface area contributed by atoms with Gasteiger partial charge in [0.2, 0.25) is 5.91 Å². The molecule has 0 spiro atoms. The SMILES string of the molecule is C#CCC(C)NC(=O)C1CCCCCC1N. The fourth-order valence-electron chi connectivity index (χ4n) is 2.24. The molecule has 1 aliphatic rings. The number of nitrogens with one attached hydrogen (secondary N) is 1. The number of carbonyl (C=O) groups is 1. The van der Waals surface area contributed by atoms with Crippen LogP contribution in [0.25, 0.3) is 0 Å². The minimum Gasteiger partial charge on any atom is -0.352 e. The number of amides is 1. The molecule has 1 fully saturated rings. The predicted molar refractivity (Wildman–Crippen MR) is 65.6 cm³/mol. The van der Waals surface area contributed by atoms with E-state index in [1.807, 2.05) is 6.92 Å². The lowest BCUT2D eigenvalue weighted by Gasteiger charge is -2.22. The molecular weight excluding hydrogens is 200 g/mol. The molecule has 0 bridgehead atoms. The van der Waals surface area contributed by atoms with E-state index in [0.717, 1.165) is 25.7 Å². The molecule has 3 heteroatoms. The van der Waals surface area contributed by atoms with E-state index in [1.165, 1.54) is 6.42 Å². The Bertz CT molecular complexity index is 270. The Hall–Kier alpha value is -1.01. The van der Waals surface area contributed by atoms with Gasteiger partial charge in [-0.25, -0.2) is 0 Å². The largest absolute Gasteiger partial charge is 0.352 e. The maximum absolute atomic E-state index is 12.0. The van der Waals surface area contributed by atoms with Gasteiger partial charge in [0.05, 0.1) is 5.92 Å². The predicted octanol–water partition coefficient (Wildman–Crippen LogP) is 1.42. The summed E-state index contributed by atoms with van der Waals surface area (Å²) in [6, 6.07) is 0.0634. The fraction of sp³-hybridized carbons (Fsp3) is 0.769. The molecule has 1 rings (SSSR count). The maximum Gasteiger partial charge on any atom is 0.224 e. The van der Waals surface area contributed by atoms with E-state index in [1.54, 1.807) is 0 Å². The normalized spacial score (nSPS) is 27.6. The van der Waals surface area contributed by atoms with Gasteiger partial charge in [-0.15, -0.1) is 12.3 Å². The van der Waals surface area contributed by atoms with Crippen LogP contribution >= 0.6 is 0 Å². The van der Waals surface area contributed by atoms with Crippen LogP contribution in [0.3, 0.4) is 0 Å². The second-order valence-corrected chi connectivity index (χ2v) is 4.73. The molecule has 0 aliphatic heterocycles. The van der Waals surface area contributed by atoms with Crippen LogP contribution in [0.4, 0.5) is 0 Å². The molecule has 1 saturated carbocycles. The quantitative estimate of drug-likeness (QED) is 0.560. The highest BCUT2D eigenvalue weighted by molar-refractivity contribution is 5.79. The average molecular weight is 222 g/mol. The van der Waals surface area contributed by atoms with Crippen molar-refractivity contribution in [3.05, 3.63) is 0 Å². The molecule has 90 valence electrons. The molecular formula is C13H22N2O. The maximum atomic E-state index is 12.0. The van der Waals surface area contributed by atoms with Gasteiger partial charge in [-0.2, -0.15) is 0 Å². The Morgan fingerprint density at radius 1 is 1.50 bits per heavy atom. The topological polar surface area (TPSA) is 55.1 Å². The van der Waals surface area contributed by atoms with Crippen LogP contribution < -0.4 is 11.1 Å². The van der Waals surface area contributed by atoms with Crippen LogP contribution in [0.2, 0.25) is 0 Å². The van der Waals surface area contributed by atoms with Crippen LogP contribution in [0, 0.1) is 18.3 Å².